The smallest absolute Gasteiger partial charge is 0.354 e. The molecule has 1 aromatic heterocycles. The second kappa shape index (κ2) is 7.76. The monoisotopic (exact) mass is 437 g/mol. The fourth-order valence-corrected chi connectivity index (χ4v) is 3.67. The van der Waals surface area contributed by atoms with E-state index in [1.54, 1.807) is 6.07 Å². The van der Waals surface area contributed by atoms with Crippen LogP contribution in [0.25, 0.3) is 22.4 Å². The van der Waals surface area contributed by atoms with Crippen molar-refractivity contribution in [2.75, 3.05) is 6.61 Å². The number of hydrogen-bond acceptors (Lipinski definition) is 3. The van der Waals surface area contributed by atoms with Gasteiger partial charge in [0, 0.05) is 15.6 Å². The van der Waals surface area contributed by atoms with Crippen LogP contribution in [0.4, 0.5) is 0 Å². The van der Waals surface area contributed by atoms with E-state index in [0.717, 1.165) is 32.8 Å². The number of halogens is 1. The SMILES string of the molecule is CC1CC1COc1ccc(Br)cc1-c1ccccc1-c1cccc(C(=O)O)n1. The highest BCUT2D eigenvalue weighted by Gasteiger charge is 2.33. The molecule has 0 radical (unpaired) electrons. The third-order valence-electron chi connectivity index (χ3n) is 5.13. The molecule has 1 fully saturated rings. The topological polar surface area (TPSA) is 59.4 Å². The van der Waals surface area contributed by atoms with Crippen molar-refractivity contribution in [2.24, 2.45) is 11.8 Å². The lowest BCUT2D eigenvalue weighted by Crippen LogP contribution is -2.03. The van der Waals surface area contributed by atoms with E-state index in [1.165, 1.54) is 12.5 Å². The van der Waals surface area contributed by atoms with Crippen LogP contribution in [0.2, 0.25) is 0 Å². The standard InChI is InChI=1S/C23H20BrNO3/c1-14-11-15(14)13-28-22-10-9-16(24)12-19(22)17-5-2-3-6-18(17)20-7-4-8-21(25-20)23(26)27/h2-10,12,14-15H,11,13H2,1H3,(H,26,27). The summed E-state index contributed by atoms with van der Waals surface area (Å²) in [5.74, 6) is 1.14. The molecule has 1 aliphatic carbocycles. The summed E-state index contributed by atoms with van der Waals surface area (Å²) in [7, 11) is 0. The zero-order valence-electron chi connectivity index (χ0n) is 15.4. The molecule has 1 N–H and O–H groups in total. The van der Waals surface area contributed by atoms with Crippen LogP contribution in [0.1, 0.15) is 23.8 Å². The van der Waals surface area contributed by atoms with E-state index in [9.17, 15) is 9.90 Å². The highest BCUT2D eigenvalue weighted by atomic mass is 79.9. The van der Waals surface area contributed by atoms with Gasteiger partial charge < -0.3 is 9.84 Å². The number of carboxylic acids is 1. The van der Waals surface area contributed by atoms with Gasteiger partial charge >= 0.3 is 5.97 Å². The van der Waals surface area contributed by atoms with Crippen molar-refractivity contribution in [3.05, 3.63) is 70.8 Å². The molecule has 142 valence electrons. The summed E-state index contributed by atoms with van der Waals surface area (Å²) in [5.41, 5.74) is 3.44. The molecular formula is C23H20BrNO3. The van der Waals surface area contributed by atoms with E-state index in [0.29, 0.717) is 18.2 Å². The minimum atomic E-state index is -1.04. The first-order valence-electron chi connectivity index (χ1n) is 9.25. The van der Waals surface area contributed by atoms with Gasteiger partial charge in [-0.2, -0.15) is 0 Å². The summed E-state index contributed by atoms with van der Waals surface area (Å²) >= 11 is 3.56. The second-order valence-electron chi connectivity index (χ2n) is 7.18. The number of aromatic carboxylic acids is 1. The normalized spacial score (nSPS) is 17.9. The average molecular weight is 438 g/mol. The van der Waals surface area contributed by atoms with Crippen LogP contribution in [0.5, 0.6) is 5.75 Å². The van der Waals surface area contributed by atoms with Gasteiger partial charge in [0.15, 0.2) is 0 Å². The fourth-order valence-electron chi connectivity index (χ4n) is 3.31. The van der Waals surface area contributed by atoms with Crippen LogP contribution < -0.4 is 4.74 Å². The van der Waals surface area contributed by atoms with Crippen LogP contribution in [0, 0.1) is 11.8 Å². The summed E-state index contributed by atoms with van der Waals surface area (Å²) in [6.45, 7) is 2.96. The Morgan fingerprint density at radius 2 is 1.86 bits per heavy atom. The average Bonchev–Trinajstić information content (AvgIpc) is 3.42. The summed E-state index contributed by atoms with van der Waals surface area (Å²) in [4.78, 5) is 15.7. The lowest BCUT2D eigenvalue weighted by atomic mass is 9.96. The van der Waals surface area contributed by atoms with Crippen molar-refractivity contribution < 1.29 is 14.6 Å². The maximum Gasteiger partial charge on any atom is 0.354 e. The number of nitrogens with zero attached hydrogens (tertiary/aromatic N) is 1. The maximum atomic E-state index is 11.3. The number of benzene rings is 2. The number of ether oxygens (including phenoxy) is 1. The van der Waals surface area contributed by atoms with E-state index in [4.69, 9.17) is 4.74 Å². The van der Waals surface area contributed by atoms with Gasteiger partial charge in [-0.25, -0.2) is 9.78 Å². The highest BCUT2D eigenvalue weighted by molar-refractivity contribution is 9.10. The quantitative estimate of drug-likeness (QED) is 0.520. The Bertz CT molecular complexity index is 1030. The Kier molecular flexibility index (Phi) is 5.18. The molecule has 0 bridgehead atoms. The van der Waals surface area contributed by atoms with E-state index >= 15 is 0 Å². The number of pyridine rings is 1. The van der Waals surface area contributed by atoms with Gasteiger partial charge in [-0.1, -0.05) is 53.2 Å². The first-order chi connectivity index (χ1) is 13.5. The van der Waals surface area contributed by atoms with Gasteiger partial charge in [0.2, 0.25) is 0 Å². The maximum absolute atomic E-state index is 11.3. The molecule has 0 spiro atoms. The predicted octanol–water partition coefficient (Wildman–Crippen LogP) is 5.91. The third kappa shape index (κ3) is 3.94. The van der Waals surface area contributed by atoms with Crippen molar-refractivity contribution >= 4 is 21.9 Å². The number of hydrogen-bond donors (Lipinski definition) is 1. The number of carboxylic acid groups (broad SMARTS) is 1. The Labute approximate surface area is 172 Å². The number of aromatic nitrogens is 1. The van der Waals surface area contributed by atoms with Crippen LogP contribution in [0.3, 0.4) is 0 Å². The molecule has 4 nitrogen and oxygen atoms in total. The molecule has 2 aromatic carbocycles. The molecule has 0 saturated heterocycles. The summed E-state index contributed by atoms with van der Waals surface area (Å²) in [6.07, 6.45) is 1.22. The van der Waals surface area contributed by atoms with E-state index in [-0.39, 0.29) is 5.69 Å². The van der Waals surface area contributed by atoms with Crippen LogP contribution in [-0.2, 0) is 0 Å². The first-order valence-corrected chi connectivity index (χ1v) is 10.0. The van der Waals surface area contributed by atoms with E-state index < -0.39 is 5.97 Å². The minimum absolute atomic E-state index is 0.0285. The Morgan fingerprint density at radius 3 is 2.57 bits per heavy atom. The van der Waals surface area contributed by atoms with Gasteiger partial charge in [0.05, 0.1) is 12.3 Å². The fraction of sp³-hybridized carbons (Fsp3) is 0.217. The van der Waals surface area contributed by atoms with Crippen molar-refractivity contribution in [2.45, 2.75) is 13.3 Å². The second-order valence-corrected chi connectivity index (χ2v) is 8.10. The molecule has 1 aliphatic rings. The van der Waals surface area contributed by atoms with Crippen LogP contribution in [-0.4, -0.2) is 22.7 Å². The summed E-state index contributed by atoms with van der Waals surface area (Å²) in [6, 6.07) is 18.9. The summed E-state index contributed by atoms with van der Waals surface area (Å²) < 4.78 is 7.11. The van der Waals surface area contributed by atoms with Crippen LogP contribution >= 0.6 is 15.9 Å². The zero-order valence-corrected chi connectivity index (χ0v) is 17.0. The molecule has 1 heterocycles. The predicted molar refractivity (Wildman–Crippen MR) is 113 cm³/mol. The molecule has 2 unspecified atom stereocenters. The van der Waals surface area contributed by atoms with Gasteiger partial charge in [-0.3, -0.25) is 0 Å². The molecule has 0 aliphatic heterocycles. The third-order valence-corrected chi connectivity index (χ3v) is 5.63. The largest absolute Gasteiger partial charge is 0.493 e. The van der Waals surface area contributed by atoms with Crippen molar-refractivity contribution in [3.8, 4) is 28.1 Å². The van der Waals surface area contributed by atoms with Gasteiger partial charge in [0.1, 0.15) is 11.4 Å². The van der Waals surface area contributed by atoms with Gasteiger partial charge in [-0.05, 0) is 54.2 Å². The molecule has 3 aromatic rings. The molecule has 1 saturated carbocycles. The molecular weight excluding hydrogens is 418 g/mol. The number of rotatable bonds is 6. The summed E-state index contributed by atoms with van der Waals surface area (Å²) in [5, 5.41) is 9.28. The lowest BCUT2D eigenvalue weighted by molar-refractivity contribution is 0.0690. The molecule has 0 amide bonds. The number of carbonyl (C=O) groups is 1. The van der Waals surface area contributed by atoms with Gasteiger partial charge in [-0.15, -0.1) is 0 Å². The molecule has 28 heavy (non-hydrogen) atoms. The Hall–Kier alpha value is -2.66. The molecule has 5 heteroatoms. The van der Waals surface area contributed by atoms with Crippen molar-refractivity contribution in [3.63, 3.8) is 0 Å². The van der Waals surface area contributed by atoms with Gasteiger partial charge in [0.25, 0.3) is 0 Å². The zero-order chi connectivity index (χ0) is 19.7. The van der Waals surface area contributed by atoms with Crippen molar-refractivity contribution in [1.29, 1.82) is 0 Å². The highest BCUT2D eigenvalue weighted by Crippen LogP contribution is 2.41. The Balaban J connectivity index is 1.77. The van der Waals surface area contributed by atoms with Crippen molar-refractivity contribution in [1.82, 2.24) is 4.98 Å². The molecule has 4 rings (SSSR count). The first kappa shape index (κ1) is 18.7. The lowest BCUT2D eigenvalue weighted by Gasteiger charge is -2.15. The van der Waals surface area contributed by atoms with E-state index in [2.05, 4.69) is 27.8 Å². The van der Waals surface area contributed by atoms with Crippen LogP contribution in [0.15, 0.2) is 65.1 Å². The molecule has 2 atom stereocenters. The Morgan fingerprint density at radius 1 is 1.11 bits per heavy atom. The van der Waals surface area contributed by atoms with E-state index in [1.807, 2.05) is 48.5 Å². The minimum Gasteiger partial charge on any atom is -0.493 e.